The summed E-state index contributed by atoms with van der Waals surface area (Å²) in [6.45, 7) is 8.70. The number of rotatable bonds is 5. The molecule has 0 aromatic rings. The van der Waals surface area contributed by atoms with Crippen LogP contribution in [0, 0.1) is 17.2 Å². The molecule has 1 rings (SSSR count). The van der Waals surface area contributed by atoms with Crippen molar-refractivity contribution in [2.45, 2.75) is 64.6 Å². The van der Waals surface area contributed by atoms with Gasteiger partial charge in [-0.15, -0.1) is 0 Å². The number of carbonyl (C=O) groups is 1. The molecular weight excluding hydrogens is 252 g/mol. The molecule has 1 aliphatic heterocycles. The van der Waals surface area contributed by atoms with E-state index in [0.717, 1.165) is 12.8 Å². The van der Waals surface area contributed by atoms with E-state index in [1.54, 1.807) is 6.92 Å². The lowest BCUT2D eigenvalue weighted by atomic mass is 9.90. The van der Waals surface area contributed by atoms with Crippen LogP contribution in [0.1, 0.15) is 47.0 Å². The zero-order chi connectivity index (χ0) is 15.3. The molecule has 0 aliphatic carbocycles. The SMILES string of the molecule is CC1CCCC(CN)N1CC(=O)NC(C)(C#N)C(C)C. The second-order valence-electron chi connectivity index (χ2n) is 6.36. The Morgan fingerprint density at radius 1 is 1.55 bits per heavy atom. The number of hydrogen-bond donors (Lipinski definition) is 2. The summed E-state index contributed by atoms with van der Waals surface area (Å²) in [5.41, 5.74) is 5.00. The van der Waals surface area contributed by atoms with Crippen LogP contribution >= 0.6 is 0 Å². The third kappa shape index (κ3) is 3.94. The maximum Gasteiger partial charge on any atom is 0.235 e. The smallest absolute Gasteiger partial charge is 0.235 e. The van der Waals surface area contributed by atoms with Crippen molar-refractivity contribution in [1.29, 1.82) is 5.26 Å². The number of likely N-dealkylation sites (tertiary alicyclic amines) is 1. The van der Waals surface area contributed by atoms with Crippen molar-refractivity contribution in [2.24, 2.45) is 11.7 Å². The number of piperidine rings is 1. The Balaban J connectivity index is 2.67. The fraction of sp³-hybridized carbons (Fsp3) is 0.867. The van der Waals surface area contributed by atoms with Crippen molar-refractivity contribution in [3.05, 3.63) is 0 Å². The highest BCUT2D eigenvalue weighted by molar-refractivity contribution is 5.79. The van der Waals surface area contributed by atoms with E-state index in [1.807, 2.05) is 13.8 Å². The Bertz CT molecular complexity index is 377. The monoisotopic (exact) mass is 280 g/mol. The second kappa shape index (κ2) is 7.05. The molecule has 5 nitrogen and oxygen atoms in total. The number of carbonyl (C=O) groups excluding carboxylic acids is 1. The van der Waals surface area contributed by atoms with Gasteiger partial charge in [-0.2, -0.15) is 5.26 Å². The minimum absolute atomic E-state index is 0.0699. The first-order valence-electron chi connectivity index (χ1n) is 7.52. The zero-order valence-electron chi connectivity index (χ0n) is 13.1. The van der Waals surface area contributed by atoms with Crippen LogP contribution in [-0.2, 0) is 4.79 Å². The molecule has 1 saturated heterocycles. The molecule has 3 atom stereocenters. The number of nitrogens with one attached hydrogen (secondary N) is 1. The van der Waals surface area contributed by atoms with E-state index in [0.29, 0.717) is 19.1 Å². The summed E-state index contributed by atoms with van der Waals surface area (Å²) in [5, 5.41) is 12.1. The van der Waals surface area contributed by atoms with Crippen molar-refractivity contribution >= 4 is 5.91 Å². The molecule has 1 aliphatic rings. The van der Waals surface area contributed by atoms with E-state index in [1.165, 1.54) is 6.42 Å². The van der Waals surface area contributed by atoms with Gasteiger partial charge >= 0.3 is 0 Å². The van der Waals surface area contributed by atoms with Gasteiger partial charge in [0.1, 0.15) is 5.54 Å². The van der Waals surface area contributed by atoms with Crippen LogP contribution in [0.2, 0.25) is 0 Å². The molecule has 3 unspecified atom stereocenters. The van der Waals surface area contributed by atoms with E-state index in [-0.39, 0.29) is 17.9 Å². The molecule has 3 N–H and O–H groups in total. The minimum atomic E-state index is -0.811. The molecule has 0 radical (unpaired) electrons. The van der Waals surface area contributed by atoms with Gasteiger partial charge in [0.25, 0.3) is 0 Å². The molecular formula is C15H28N4O. The number of nitrogens with zero attached hydrogens (tertiary/aromatic N) is 2. The summed E-state index contributed by atoms with van der Waals surface area (Å²) in [6, 6.07) is 2.85. The fourth-order valence-corrected chi connectivity index (χ4v) is 2.67. The summed E-state index contributed by atoms with van der Waals surface area (Å²) in [6.07, 6.45) is 3.32. The van der Waals surface area contributed by atoms with Crippen LogP contribution in [0.3, 0.4) is 0 Å². The number of nitriles is 1. The van der Waals surface area contributed by atoms with E-state index < -0.39 is 5.54 Å². The van der Waals surface area contributed by atoms with Crippen molar-refractivity contribution < 1.29 is 4.79 Å². The summed E-state index contributed by atoms with van der Waals surface area (Å²) >= 11 is 0. The number of amides is 1. The molecule has 1 heterocycles. The van der Waals surface area contributed by atoms with Crippen LogP contribution in [0.25, 0.3) is 0 Å². The maximum absolute atomic E-state index is 12.3. The predicted octanol–water partition coefficient (Wildman–Crippen LogP) is 1.24. The topological polar surface area (TPSA) is 82.2 Å². The predicted molar refractivity (Wildman–Crippen MR) is 79.9 cm³/mol. The molecule has 0 aromatic heterocycles. The fourth-order valence-electron chi connectivity index (χ4n) is 2.67. The molecule has 0 spiro atoms. The molecule has 0 aromatic carbocycles. The number of hydrogen-bond acceptors (Lipinski definition) is 4. The van der Waals surface area contributed by atoms with Crippen LogP contribution in [0.4, 0.5) is 0 Å². The Morgan fingerprint density at radius 3 is 2.70 bits per heavy atom. The van der Waals surface area contributed by atoms with Crippen molar-refractivity contribution in [3.8, 4) is 6.07 Å². The van der Waals surface area contributed by atoms with Crippen molar-refractivity contribution in [1.82, 2.24) is 10.2 Å². The molecule has 5 heteroatoms. The highest BCUT2D eigenvalue weighted by atomic mass is 16.2. The lowest BCUT2D eigenvalue weighted by Crippen LogP contribution is -2.56. The Labute approximate surface area is 122 Å². The van der Waals surface area contributed by atoms with Crippen molar-refractivity contribution in [2.75, 3.05) is 13.1 Å². The van der Waals surface area contributed by atoms with E-state index in [2.05, 4.69) is 23.2 Å². The lowest BCUT2D eigenvalue weighted by molar-refractivity contribution is -0.125. The van der Waals surface area contributed by atoms with E-state index in [9.17, 15) is 10.1 Å². The molecule has 1 fully saturated rings. The first kappa shape index (κ1) is 16.9. The van der Waals surface area contributed by atoms with Gasteiger partial charge in [0.2, 0.25) is 5.91 Å². The third-order valence-electron chi connectivity index (χ3n) is 4.58. The third-order valence-corrected chi connectivity index (χ3v) is 4.58. The standard InChI is InChI=1S/C15H28N4O/c1-11(2)15(4,10-17)18-14(20)9-19-12(3)6-5-7-13(19)8-16/h11-13H,5-9,16H2,1-4H3,(H,18,20). The molecule has 20 heavy (non-hydrogen) atoms. The van der Waals surface area contributed by atoms with Crippen LogP contribution in [0.15, 0.2) is 0 Å². The molecule has 0 bridgehead atoms. The quantitative estimate of drug-likeness (QED) is 0.794. The molecule has 0 saturated carbocycles. The summed E-state index contributed by atoms with van der Waals surface area (Å²) in [4.78, 5) is 14.4. The average molecular weight is 280 g/mol. The highest BCUT2D eigenvalue weighted by Gasteiger charge is 2.33. The van der Waals surface area contributed by atoms with Gasteiger partial charge in [-0.1, -0.05) is 20.3 Å². The van der Waals surface area contributed by atoms with Crippen LogP contribution < -0.4 is 11.1 Å². The summed E-state index contributed by atoms with van der Waals surface area (Å²) < 4.78 is 0. The Hall–Kier alpha value is -1.12. The van der Waals surface area contributed by atoms with E-state index in [4.69, 9.17) is 5.73 Å². The van der Waals surface area contributed by atoms with Gasteiger partial charge < -0.3 is 11.1 Å². The van der Waals surface area contributed by atoms with Crippen LogP contribution in [0.5, 0.6) is 0 Å². The average Bonchev–Trinajstić information content (AvgIpc) is 2.40. The first-order chi connectivity index (χ1) is 9.34. The second-order valence-corrected chi connectivity index (χ2v) is 6.36. The highest BCUT2D eigenvalue weighted by Crippen LogP contribution is 2.22. The Kier molecular flexibility index (Phi) is 5.97. The van der Waals surface area contributed by atoms with Gasteiger partial charge in [-0.3, -0.25) is 9.69 Å². The zero-order valence-corrected chi connectivity index (χ0v) is 13.1. The summed E-state index contributed by atoms with van der Waals surface area (Å²) in [7, 11) is 0. The number of nitrogens with two attached hydrogens (primary N) is 1. The lowest BCUT2D eigenvalue weighted by Gasteiger charge is -2.40. The van der Waals surface area contributed by atoms with Gasteiger partial charge in [0, 0.05) is 18.6 Å². The van der Waals surface area contributed by atoms with Crippen LogP contribution in [-0.4, -0.2) is 41.5 Å². The summed E-state index contributed by atoms with van der Waals surface area (Å²) in [5.74, 6) is -0.0181. The van der Waals surface area contributed by atoms with Gasteiger partial charge in [-0.05, 0) is 32.6 Å². The van der Waals surface area contributed by atoms with Crippen molar-refractivity contribution in [3.63, 3.8) is 0 Å². The normalized spacial score (nSPS) is 26.9. The molecule has 114 valence electrons. The van der Waals surface area contributed by atoms with Gasteiger partial charge in [0.05, 0.1) is 12.6 Å². The first-order valence-corrected chi connectivity index (χ1v) is 7.52. The van der Waals surface area contributed by atoms with E-state index >= 15 is 0 Å². The van der Waals surface area contributed by atoms with Gasteiger partial charge in [0.15, 0.2) is 0 Å². The minimum Gasteiger partial charge on any atom is -0.337 e. The van der Waals surface area contributed by atoms with Gasteiger partial charge in [-0.25, -0.2) is 0 Å². The Morgan fingerprint density at radius 2 is 2.20 bits per heavy atom. The largest absolute Gasteiger partial charge is 0.337 e. The molecule has 1 amide bonds. The maximum atomic E-state index is 12.3.